The standard InChI is InChI=1S/C24H21F3N4.C21H19F3N2O2.C21H24N4O.C20H13F3N4O2S.C19H18F3N3O3S/c1-23(2,3)16-7-9-17(10-8-16)31-22-18-11-6-15(13-20(18)29-14-30-22)21-19(24(25,26)27)5-4-12-28-21;1-12-19(14-5-8-15(9-6-14)21(22,23)24)28-20(25-12)26-18-4-2-3-13-7-10-16(27)11-17(13)18;1-21(2,3)14-8-9-15-13(11-14)7-10-18(15)24-20(26)23-17-5-4-6-19-16(17)12-22-25-19;1-11(28)26-19-27-18-15(3-2-4-16(18)30-19)29-17-9-14(24-10-25-17)12-5-7-13(8-6-12)20(21,22)23;1-13-3-2-10-23-17(13)25-11-8-14(9-12-25)18(26)24-15-4-6-16(7-5-15)29(27,28)19(20,21)22/h4-14H,1-3H3,(H,29,30,31);2-6,8-9,16,27H,7,10-11H2,1H3,(H,25,26);4-6,8-9,11-12,18H,7,10H2,1-3H3,(H,22,25)(H2,23,24,26);2-10H,1H3,(H,26,27,28);2-8,10H,9,11-12H2,1H3,(H,24,26)/t;16-;18-;;/m.11../s1. The third kappa shape index (κ3) is 25.1. The van der Waals surface area contributed by atoms with Gasteiger partial charge in [-0.1, -0.05) is 150 Å². The van der Waals surface area contributed by atoms with Crippen LogP contribution in [0.25, 0.3) is 65.9 Å². The minimum absolute atomic E-state index is 0.0529. The minimum Gasteiger partial charge on any atom is -0.437 e. The summed E-state index contributed by atoms with van der Waals surface area (Å²) in [6.07, 6.45) is 0.104. The van der Waals surface area contributed by atoms with Crippen molar-refractivity contribution in [3.8, 4) is 45.5 Å². The molecule has 19 rings (SSSR count). The number of carbonyl (C=O) groups is 3. The van der Waals surface area contributed by atoms with Gasteiger partial charge < -0.3 is 51.1 Å². The summed E-state index contributed by atoms with van der Waals surface area (Å²) in [6, 6.07) is 57.7. The summed E-state index contributed by atoms with van der Waals surface area (Å²) in [6.45, 7) is 19.3. The number of thiazole rings is 1. The number of alkyl halides is 12. The highest BCUT2D eigenvalue weighted by molar-refractivity contribution is 7.92. The molecule has 1 aliphatic heterocycles. The van der Waals surface area contributed by atoms with Crippen LogP contribution in [-0.2, 0) is 68.0 Å². The van der Waals surface area contributed by atoms with Crippen LogP contribution in [-0.4, -0.2) is 106 Å². The van der Waals surface area contributed by atoms with Crippen molar-refractivity contribution >= 4 is 117 Å². The SMILES string of the molecule is CC(=O)Nc1nc2c(Oc3cc(-c4ccc(C(F)(F)F)cc4)ncn3)cccc2s1.CC(C)(C)c1ccc(Nc2ncnc3cc(-c4ncccc4C(F)(F)F)ccc23)cc1.CC(C)(C)c1ccc2c(c1)CC[C@H]2NC(=O)Nc1cccc2[nH]ncc12.Cc1cccnc1N1CC=C(C(=O)Nc2ccc(S(=O)(=O)C(F)(F)F)cc2)CC1.Cc1nc(Nc2cccc3c2C[C@H](O)CC3)oc1-c1ccc(C(F)(F)F)cc1. The summed E-state index contributed by atoms with van der Waals surface area (Å²) in [4.78, 5) is 71.1. The second kappa shape index (κ2) is 42.7. The topological polar surface area (TPSA) is 335 Å². The maximum Gasteiger partial charge on any atom is 0.501 e. The Morgan fingerprint density at radius 3 is 1.90 bits per heavy atom. The molecule has 8 N–H and O–H groups in total. The number of pyridine rings is 2. The fourth-order valence-corrected chi connectivity index (χ4v) is 17.9. The largest absolute Gasteiger partial charge is 0.501 e. The molecule has 0 radical (unpaired) electrons. The number of rotatable bonds is 16. The number of fused-ring (bicyclic) bond motifs is 5. The summed E-state index contributed by atoms with van der Waals surface area (Å²) < 4.78 is 190. The molecule has 2 atom stereocenters. The summed E-state index contributed by atoms with van der Waals surface area (Å²) in [7, 11) is -5.41. The Kier molecular flexibility index (Phi) is 30.5. The van der Waals surface area contributed by atoms with E-state index in [0.29, 0.717) is 98.5 Å². The van der Waals surface area contributed by atoms with Gasteiger partial charge in [-0.05, 0) is 217 Å². The molecule has 144 heavy (non-hydrogen) atoms. The Morgan fingerprint density at radius 2 is 1.22 bits per heavy atom. The van der Waals surface area contributed by atoms with Crippen molar-refractivity contribution in [2.45, 2.75) is 153 Å². The number of aromatic nitrogens is 10. The number of aryl methyl sites for hydroxylation is 4. The second-order valence-corrected chi connectivity index (χ2v) is 39.0. The molecule has 9 aromatic carbocycles. The quantitative estimate of drug-likeness (QED) is 0.0417. The van der Waals surface area contributed by atoms with Crippen molar-refractivity contribution in [1.29, 1.82) is 0 Å². The van der Waals surface area contributed by atoms with Gasteiger partial charge in [-0.15, -0.1) is 0 Å². The molecule has 25 nitrogen and oxygen atoms in total. The van der Waals surface area contributed by atoms with E-state index < -0.39 is 55.5 Å². The van der Waals surface area contributed by atoms with Crippen molar-refractivity contribution in [3.63, 3.8) is 0 Å². The Labute approximate surface area is 822 Å². The molecule has 0 spiro atoms. The number of amides is 4. The van der Waals surface area contributed by atoms with Crippen molar-refractivity contribution in [3.05, 3.63) is 323 Å². The highest BCUT2D eigenvalue weighted by Gasteiger charge is 2.47. The van der Waals surface area contributed by atoms with Crippen LogP contribution in [0.15, 0.2) is 271 Å². The predicted octanol–water partition coefficient (Wildman–Crippen LogP) is 25.7. The molecule has 0 fully saturated rings. The van der Waals surface area contributed by atoms with Gasteiger partial charge in [0.2, 0.25) is 11.8 Å². The normalized spacial score (nSPS) is 14.3. The Morgan fingerprint density at radius 1 is 0.576 bits per heavy atom. The lowest BCUT2D eigenvalue weighted by Gasteiger charge is -2.28. The van der Waals surface area contributed by atoms with Crippen LogP contribution in [0.4, 0.5) is 103 Å². The van der Waals surface area contributed by atoms with E-state index in [1.54, 1.807) is 55.7 Å². The lowest BCUT2D eigenvalue weighted by atomic mass is 9.85. The number of nitrogens with zero attached hydrogens (tertiary/aromatic N) is 10. The van der Waals surface area contributed by atoms with Crippen LogP contribution >= 0.6 is 11.3 Å². The van der Waals surface area contributed by atoms with Gasteiger partial charge in [0.15, 0.2) is 16.6 Å². The number of aliphatic hydroxyl groups excluding tert-OH is 1. The third-order valence-corrected chi connectivity index (χ3v) is 26.1. The van der Waals surface area contributed by atoms with Crippen LogP contribution < -0.4 is 41.5 Å². The number of carbonyl (C=O) groups excluding carboxylic acids is 3. The van der Waals surface area contributed by atoms with Crippen molar-refractivity contribution in [2.75, 3.05) is 44.6 Å². The highest BCUT2D eigenvalue weighted by atomic mass is 32.2. The Balaban J connectivity index is 0.000000136. The summed E-state index contributed by atoms with van der Waals surface area (Å²) in [5.74, 6) is 1.88. The minimum atomic E-state index is -5.41. The number of anilines is 8. The molecule has 39 heteroatoms. The average molecular weight is 2020 g/mol. The van der Waals surface area contributed by atoms with Gasteiger partial charge in [-0.3, -0.25) is 19.7 Å². The van der Waals surface area contributed by atoms with Crippen molar-refractivity contribution in [1.82, 2.24) is 55.4 Å². The monoisotopic (exact) mass is 2010 g/mol. The number of aromatic amines is 1. The maximum atomic E-state index is 13.4. The number of ether oxygens (including phenoxy) is 1. The molecule has 4 amide bonds. The van der Waals surface area contributed by atoms with Crippen molar-refractivity contribution in [2.24, 2.45) is 0 Å². The summed E-state index contributed by atoms with van der Waals surface area (Å²) in [5, 5.41) is 36.7. The zero-order valence-corrected chi connectivity index (χ0v) is 80.3. The molecule has 2 aliphatic carbocycles. The zero-order valence-electron chi connectivity index (χ0n) is 78.7. The first kappa shape index (κ1) is 103. The molecule has 0 saturated heterocycles. The van der Waals surface area contributed by atoms with E-state index in [1.165, 1.54) is 101 Å². The second-order valence-electron chi connectivity index (χ2n) is 36.0. The fourth-order valence-electron chi connectivity index (χ4n) is 16.2. The number of sulfone groups is 1. The smallest absolute Gasteiger partial charge is 0.437 e. The van der Waals surface area contributed by atoms with E-state index in [-0.39, 0.29) is 64.1 Å². The van der Waals surface area contributed by atoms with E-state index in [0.717, 1.165) is 130 Å². The molecule has 0 bridgehead atoms. The highest BCUT2D eigenvalue weighted by Crippen LogP contribution is 2.43. The number of H-pyrrole nitrogens is 1. The van der Waals surface area contributed by atoms with E-state index in [9.17, 15) is 80.6 Å². The van der Waals surface area contributed by atoms with Gasteiger partial charge >= 0.3 is 30.1 Å². The van der Waals surface area contributed by atoms with E-state index in [2.05, 4.69) is 154 Å². The van der Waals surface area contributed by atoms with E-state index in [4.69, 9.17) is 9.15 Å². The number of hydrogen-bond acceptors (Lipinski definition) is 21. The van der Waals surface area contributed by atoms with Crippen LogP contribution in [0.3, 0.4) is 0 Å². The van der Waals surface area contributed by atoms with Crippen LogP contribution in [0.1, 0.15) is 135 Å². The van der Waals surface area contributed by atoms with Gasteiger partial charge in [0, 0.05) is 95.0 Å². The van der Waals surface area contributed by atoms with Crippen LogP contribution in [0, 0.1) is 13.8 Å². The molecule has 3 aliphatic rings. The maximum absolute atomic E-state index is 13.4. The lowest BCUT2D eigenvalue weighted by molar-refractivity contribution is -0.138. The van der Waals surface area contributed by atoms with E-state index >= 15 is 0 Å². The molecule has 744 valence electrons. The number of para-hydroxylation sites is 1. The number of oxazole rings is 1. The number of benzene rings is 9. The Bertz CT molecular complexity index is 7520. The number of hydrogen-bond donors (Lipinski definition) is 8. The van der Waals surface area contributed by atoms with Gasteiger partial charge in [0.05, 0.1) is 78.4 Å². The van der Waals surface area contributed by atoms with Crippen molar-refractivity contribution < 1.29 is 89.7 Å². The number of nitrogens with one attached hydrogen (secondary N) is 7. The first-order valence-corrected chi connectivity index (χ1v) is 47.5. The fraction of sp³-hybridized carbons (Fsp3) is 0.238. The first-order chi connectivity index (χ1) is 68.2. The molecule has 0 unspecified atom stereocenters. The predicted molar refractivity (Wildman–Crippen MR) is 529 cm³/mol. The van der Waals surface area contributed by atoms with Crippen LogP contribution in [0.5, 0.6) is 11.6 Å². The third-order valence-electron chi connectivity index (χ3n) is 23.7. The zero-order chi connectivity index (χ0) is 103. The molecule has 0 saturated carbocycles. The van der Waals surface area contributed by atoms with Gasteiger partial charge in [0.1, 0.15) is 29.8 Å². The molecule has 8 heterocycles. The summed E-state index contributed by atoms with van der Waals surface area (Å²) in [5.41, 5.74) is 8.40. The first-order valence-electron chi connectivity index (χ1n) is 45.2. The number of halogens is 12. The van der Waals surface area contributed by atoms with Gasteiger partial charge in [-0.2, -0.15) is 62.8 Å². The molecular formula is C105H95F12N17O8S2. The molecular weight excluding hydrogens is 1920 g/mol. The molecule has 16 aromatic rings. The molecule has 7 aromatic heterocycles. The van der Waals surface area contributed by atoms with Gasteiger partial charge in [-0.25, -0.2) is 43.1 Å². The summed E-state index contributed by atoms with van der Waals surface area (Å²) >= 11 is 1.31. The number of aliphatic hydroxyl groups is 1. The van der Waals surface area contributed by atoms with E-state index in [1.807, 2.05) is 78.6 Å². The average Bonchev–Trinajstić information content (AvgIpc) is 0.962. The Hall–Kier alpha value is -15.5. The number of urea groups is 1. The lowest BCUT2D eigenvalue weighted by Crippen LogP contribution is -2.32. The van der Waals surface area contributed by atoms with Crippen LogP contribution in [0.2, 0.25) is 0 Å². The van der Waals surface area contributed by atoms with Gasteiger partial charge in [0.25, 0.3) is 21.8 Å².